The van der Waals surface area contributed by atoms with E-state index in [0.29, 0.717) is 5.02 Å². The van der Waals surface area contributed by atoms with Gasteiger partial charge in [0.2, 0.25) is 0 Å². The lowest BCUT2D eigenvalue weighted by atomic mass is 10.2. The van der Waals surface area contributed by atoms with E-state index >= 15 is 0 Å². The lowest BCUT2D eigenvalue weighted by molar-refractivity contribution is -0.104. The summed E-state index contributed by atoms with van der Waals surface area (Å²) in [5.74, 6) is 0. The molecule has 0 atom stereocenters. The Kier molecular flexibility index (Phi) is 6.93. The fraction of sp³-hybridized carbons (Fsp3) is 0.182. The number of allylic oxidation sites excluding steroid dienone is 1. The summed E-state index contributed by atoms with van der Waals surface area (Å²) >= 11 is 5.65. The quantitative estimate of drug-likeness (QED) is 0.522. The Labute approximate surface area is 84.0 Å². The van der Waals surface area contributed by atoms with Crippen molar-refractivity contribution in [3.63, 3.8) is 0 Å². The summed E-state index contributed by atoms with van der Waals surface area (Å²) in [6.45, 7) is 4.00. The van der Waals surface area contributed by atoms with Gasteiger partial charge < -0.3 is 0 Å². The molecule has 1 rings (SSSR count). The Morgan fingerprint density at radius 2 is 1.69 bits per heavy atom. The zero-order valence-corrected chi connectivity index (χ0v) is 8.58. The van der Waals surface area contributed by atoms with Crippen molar-refractivity contribution in [3.05, 3.63) is 40.9 Å². The van der Waals surface area contributed by atoms with E-state index in [1.54, 1.807) is 18.2 Å². The molecule has 0 amide bonds. The number of benzene rings is 1. The van der Waals surface area contributed by atoms with Crippen LogP contribution in [0.1, 0.15) is 19.4 Å². The van der Waals surface area contributed by atoms with Crippen LogP contribution in [0, 0.1) is 0 Å². The zero-order valence-electron chi connectivity index (χ0n) is 7.83. The van der Waals surface area contributed by atoms with Crippen LogP contribution in [0.3, 0.4) is 0 Å². The lowest BCUT2D eigenvalue weighted by Crippen LogP contribution is -1.70. The van der Waals surface area contributed by atoms with Crippen molar-refractivity contribution < 1.29 is 4.79 Å². The van der Waals surface area contributed by atoms with E-state index in [-0.39, 0.29) is 0 Å². The maximum absolute atomic E-state index is 9.93. The van der Waals surface area contributed by atoms with E-state index in [0.717, 1.165) is 11.8 Å². The van der Waals surface area contributed by atoms with Gasteiger partial charge in [-0.15, -0.1) is 0 Å². The predicted octanol–water partition coefficient (Wildman–Crippen LogP) is 3.58. The molecule has 0 unspecified atom stereocenters. The molecule has 0 heterocycles. The van der Waals surface area contributed by atoms with Gasteiger partial charge in [0.1, 0.15) is 6.29 Å². The first-order valence-electron chi connectivity index (χ1n) is 4.20. The maximum Gasteiger partial charge on any atom is 0.142 e. The molecule has 0 N–H and O–H groups in total. The van der Waals surface area contributed by atoms with Crippen LogP contribution in [0.5, 0.6) is 0 Å². The van der Waals surface area contributed by atoms with Crippen molar-refractivity contribution >= 4 is 24.0 Å². The van der Waals surface area contributed by atoms with Crippen molar-refractivity contribution in [1.82, 2.24) is 0 Å². The minimum absolute atomic E-state index is 0.702. The Bertz CT molecular complexity index is 262. The van der Waals surface area contributed by atoms with E-state index in [1.807, 2.05) is 26.0 Å². The van der Waals surface area contributed by atoms with Crippen molar-refractivity contribution in [2.75, 3.05) is 0 Å². The first-order chi connectivity index (χ1) is 6.33. The first-order valence-corrected chi connectivity index (χ1v) is 4.58. The van der Waals surface area contributed by atoms with Gasteiger partial charge in [0.05, 0.1) is 0 Å². The predicted molar refractivity (Wildman–Crippen MR) is 57.9 cm³/mol. The molecule has 2 heteroatoms. The monoisotopic (exact) mass is 196 g/mol. The highest BCUT2D eigenvalue weighted by atomic mass is 35.5. The van der Waals surface area contributed by atoms with Gasteiger partial charge in [0, 0.05) is 5.02 Å². The first kappa shape index (κ1) is 11.9. The Hall–Kier alpha value is -1.08. The van der Waals surface area contributed by atoms with Gasteiger partial charge >= 0.3 is 0 Å². The summed E-state index contributed by atoms with van der Waals surface area (Å²) in [4.78, 5) is 9.93. The second kappa shape index (κ2) is 7.56. The molecule has 70 valence electrons. The number of aldehydes is 1. The van der Waals surface area contributed by atoms with Crippen LogP contribution in [-0.2, 0) is 4.79 Å². The molecule has 0 aromatic heterocycles. The standard InChI is InChI=1S/C9H7ClO.C2H6/c10-9-5-3-8(4-6-9)2-1-7-11;1-2/h1-7H;1-2H3/b2-1+;. The summed E-state index contributed by atoms with van der Waals surface area (Å²) in [5, 5.41) is 0.702. The molecule has 0 aliphatic carbocycles. The fourth-order valence-electron chi connectivity index (χ4n) is 0.724. The van der Waals surface area contributed by atoms with Crippen molar-refractivity contribution in [1.29, 1.82) is 0 Å². The molecule has 0 aliphatic rings. The number of hydrogen-bond acceptors (Lipinski definition) is 1. The normalized spacial score (nSPS) is 9.15. The van der Waals surface area contributed by atoms with Crippen LogP contribution in [0.15, 0.2) is 30.3 Å². The molecule has 0 fully saturated rings. The highest BCUT2D eigenvalue weighted by Gasteiger charge is 1.85. The summed E-state index contributed by atoms with van der Waals surface area (Å²) < 4.78 is 0. The third kappa shape index (κ3) is 5.21. The van der Waals surface area contributed by atoms with Crippen molar-refractivity contribution in [2.24, 2.45) is 0 Å². The second-order valence-electron chi connectivity index (χ2n) is 2.05. The third-order valence-electron chi connectivity index (χ3n) is 1.24. The molecule has 13 heavy (non-hydrogen) atoms. The topological polar surface area (TPSA) is 17.1 Å². The van der Waals surface area contributed by atoms with Crippen LogP contribution in [0.2, 0.25) is 5.02 Å². The van der Waals surface area contributed by atoms with Crippen molar-refractivity contribution in [2.45, 2.75) is 13.8 Å². The van der Waals surface area contributed by atoms with Gasteiger partial charge in [-0.3, -0.25) is 4.79 Å². The highest BCUT2D eigenvalue weighted by Crippen LogP contribution is 2.09. The van der Waals surface area contributed by atoms with Gasteiger partial charge in [0.15, 0.2) is 0 Å². The fourth-order valence-corrected chi connectivity index (χ4v) is 0.850. The number of hydrogen-bond donors (Lipinski definition) is 0. The molecular formula is C11H13ClO. The summed E-state index contributed by atoms with van der Waals surface area (Å²) in [6, 6.07) is 7.27. The van der Waals surface area contributed by atoms with Gasteiger partial charge in [-0.05, 0) is 23.8 Å². The van der Waals surface area contributed by atoms with E-state index in [4.69, 9.17) is 11.6 Å². The van der Waals surface area contributed by atoms with Crippen LogP contribution < -0.4 is 0 Å². The second-order valence-corrected chi connectivity index (χ2v) is 2.48. The summed E-state index contributed by atoms with van der Waals surface area (Å²) in [6.07, 6.45) is 3.92. The Morgan fingerprint density at radius 3 is 2.15 bits per heavy atom. The maximum atomic E-state index is 9.93. The van der Waals surface area contributed by atoms with E-state index in [9.17, 15) is 4.79 Å². The van der Waals surface area contributed by atoms with Crippen LogP contribution in [0.4, 0.5) is 0 Å². The molecule has 0 saturated heterocycles. The molecule has 1 aromatic rings. The lowest BCUT2D eigenvalue weighted by Gasteiger charge is -1.90. The van der Waals surface area contributed by atoms with Crippen LogP contribution in [0.25, 0.3) is 6.08 Å². The molecular weight excluding hydrogens is 184 g/mol. The van der Waals surface area contributed by atoms with Crippen molar-refractivity contribution in [3.8, 4) is 0 Å². The summed E-state index contributed by atoms with van der Waals surface area (Å²) in [7, 11) is 0. The molecule has 0 aliphatic heterocycles. The van der Waals surface area contributed by atoms with Gasteiger partial charge in [0.25, 0.3) is 0 Å². The van der Waals surface area contributed by atoms with Gasteiger partial charge in [-0.25, -0.2) is 0 Å². The average molecular weight is 197 g/mol. The Balaban J connectivity index is 0.000000671. The minimum Gasteiger partial charge on any atom is -0.299 e. The van der Waals surface area contributed by atoms with Gasteiger partial charge in [-0.2, -0.15) is 0 Å². The van der Waals surface area contributed by atoms with E-state index < -0.39 is 0 Å². The number of carbonyl (C=O) groups excluding carboxylic acids is 1. The number of rotatable bonds is 2. The minimum atomic E-state index is 0.702. The largest absolute Gasteiger partial charge is 0.299 e. The molecule has 0 saturated carbocycles. The molecule has 1 nitrogen and oxygen atoms in total. The highest BCUT2D eigenvalue weighted by molar-refractivity contribution is 6.30. The zero-order chi connectivity index (χ0) is 10.1. The van der Waals surface area contributed by atoms with Crippen LogP contribution >= 0.6 is 11.6 Å². The molecule has 0 bridgehead atoms. The number of carbonyl (C=O) groups is 1. The van der Waals surface area contributed by atoms with E-state index in [2.05, 4.69) is 0 Å². The SMILES string of the molecule is CC.O=C/C=C/c1ccc(Cl)cc1. The van der Waals surface area contributed by atoms with Crippen LogP contribution in [-0.4, -0.2) is 6.29 Å². The summed E-state index contributed by atoms with van der Waals surface area (Å²) in [5.41, 5.74) is 0.974. The smallest absolute Gasteiger partial charge is 0.142 e. The van der Waals surface area contributed by atoms with Gasteiger partial charge in [-0.1, -0.05) is 43.7 Å². The average Bonchev–Trinajstić information content (AvgIpc) is 2.20. The Morgan fingerprint density at radius 1 is 1.15 bits per heavy atom. The molecule has 0 radical (unpaired) electrons. The molecule has 1 aromatic carbocycles. The third-order valence-corrected chi connectivity index (χ3v) is 1.49. The van der Waals surface area contributed by atoms with E-state index in [1.165, 1.54) is 6.08 Å². The molecule has 0 spiro atoms. The number of halogens is 1.